The van der Waals surface area contributed by atoms with Crippen LogP contribution in [0.1, 0.15) is 22.3 Å². The third-order valence-electron chi connectivity index (χ3n) is 6.38. The molecule has 0 radical (unpaired) electrons. The van der Waals surface area contributed by atoms with E-state index in [9.17, 15) is 23.2 Å². The van der Waals surface area contributed by atoms with Gasteiger partial charge in [0.2, 0.25) is 5.88 Å². The van der Waals surface area contributed by atoms with E-state index in [0.717, 1.165) is 40.3 Å². The highest BCUT2D eigenvalue weighted by Crippen LogP contribution is 2.34. The Balaban J connectivity index is 1.28. The van der Waals surface area contributed by atoms with Gasteiger partial charge in [-0.3, -0.25) is 4.57 Å². The number of alkyl halides is 3. The number of fused-ring (bicyclic) bond motifs is 3. The fourth-order valence-electron chi connectivity index (χ4n) is 4.43. The molecule has 0 saturated carbocycles. The molecule has 0 aliphatic carbocycles. The van der Waals surface area contributed by atoms with Crippen molar-refractivity contribution in [3.63, 3.8) is 0 Å². The molecule has 4 aromatic rings. The smallest absolute Gasteiger partial charge is 0.416 e. The number of aryl methyl sites for hydroxylation is 1. The molecule has 0 bridgehead atoms. The summed E-state index contributed by atoms with van der Waals surface area (Å²) in [5.74, 6) is 1.06. The maximum atomic E-state index is 13.0. The molecule has 0 fully saturated rings. The molecule has 0 spiro atoms. The molecule has 2 heterocycles. The number of nitrogens with zero attached hydrogens (tertiary/aromatic N) is 3. The maximum Gasteiger partial charge on any atom is 0.416 e. The van der Waals surface area contributed by atoms with E-state index in [1.165, 1.54) is 18.2 Å². The van der Waals surface area contributed by atoms with Crippen LogP contribution in [0.15, 0.2) is 71.5 Å². The maximum absolute atomic E-state index is 13.0. The van der Waals surface area contributed by atoms with Crippen LogP contribution in [0.5, 0.6) is 23.1 Å². The van der Waals surface area contributed by atoms with Crippen molar-refractivity contribution in [1.82, 2.24) is 9.55 Å². The summed E-state index contributed by atoms with van der Waals surface area (Å²) in [6.07, 6.45) is -3.42. The molecule has 39 heavy (non-hydrogen) atoms. The first-order valence-corrected chi connectivity index (χ1v) is 12.1. The zero-order valence-corrected chi connectivity index (χ0v) is 20.8. The number of benzene rings is 3. The Morgan fingerprint density at radius 2 is 1.90 bits per heavy atom. The predicted molar refractivity (Wildman–Crippen MR) is 136 cm³/mol. The number of hydrogen-bond donors (Lipinski definition) is 0. The Morgan fingerprint density at radius 3 is 2.67 bits per heavy atom. The molecule has 0 N–H and O–H groups in total. The van der Waals surface area contributed by atoms with E-state index in [1.807, 2.05) is 24.3 Å². The summed E-state index contributed by atoms with van der Waals surface area (Å²) >= 11 is 0. The average Bonchev–Trinajstić information content (AvgIpc) is 2.93. The number of rotatable bonds is 7. The zero-order chi connectivity index (χ0) is 27.6. The fourth-order valence-corrected chi connectivity index (χ4v) is 4.43. The van der Waals surface area contributed by atoms with Crippen LogP contribution in [0.25, 0.3) is 11.3 Å². The average molecular weight is 534 g/mol. The first-order valence-electron chi connectivity index (χ1n) is 12.1. The Hall–Kier alpha value is -4.78. The second kappa shape index (κ2) is 10.5. The minimum absolute atomic E-state index is 0.0257. The first kappa shape index (κ1) is 25.9. The van der Waals surface area contributed by atoms with Gasteiger partial charge < -0.3 is 14.2 Å². The van der Waals surface area contributed by atoms with Gasteiger partial charge in [-0.25, -0.2) is 4.79 Å². The van der Waals surface area contributed by atoms with Gasteiger partial charge in [-0.2, -0.15) is 23.4 Å². The fraction of sp³-hybridized carbons (Fsp3) is 0.207. The van der Waals surface area contributed by atoms with E-state index >= 15 is 0 Å². The zero-order valence-electron chi connectivity index (χ0n) is 20.8. The summed E-state index contributed by atoms with van der Waals surface area (Å²) in [4.78, 5) is 16.7. The molecular formula is C29H22F3N3O4. The lowest BCUT2D eigenvalue weighted by Gasteiger charge is -2.22. The van der Waals surface area contributed by atoms with Gasteiger partial charge in [0.05, 0.1) is 30.5 Å². The second-order valence-electron chi connectivity index (χ2n) is 8.86. The van der Waals surface area contributed by atoms with Crippen molar-refractivity contribution in [1.29, 1.82) is 5.26 Å². The van der Waals surface area contributed by atoms with Crippen molar-refractivity contribution < 1.29 is 27.4 Å². The lowest BCUT2D eigenvalue weighted by molar-refractivity contribution is -0.137. The largest absolute Gasteiger partial charge is 0.497 e. The number of nitriles is 1. The highest BCUT2D eigenvalue weighted by molar-refractivity contribution is 5.67. The summed E-state index contributed by atoms with van der Waals surface area (Å²) in [6.45, 7) is 0.692. The summed E-state index contributed by atoms with van der Waals surface area (Å²) in [5, 5.41) is 9.57. The van der Waals surface area contributed by atoms with Gasteiger partial charge in [-0.15, -0.1) is 0 Å². The van der Waals surface area contributed by atoms with Crippen LogP contribution in [0.4, 0.5) is 13.2 Å². The SMILES string of the molecule is COc1ccc2c(c1)CCn1c-2cc(OCCc2ccc(Oc3cccc(C(F)(F)F)c3)c(C#N)c2)nc1=O. The monoisotopic (exact) mass is 533 g/mol. The molecule has 0 saturated heterocycles. The van der Waals surface area contributed by atoms with Gasteiger partial charge in [-0.1, -0.05) is 12.1 Å². The van der Waals surface area contributed by atoms with E-state index in [1.54, 1.807) is 29.9 Å². The molecule has 0 unspecified atom stereocenters. The summed E-state index contributed by atoms with van der Waals surface area (Å²) in [6, 6.07) is 18.7. The number of halogens is 3. The van der Waals surface area contributed by atoms with Crippen molar-refractivity contribution in [3.8, 4) is 40.5 Å². The molecule has 7 nitrogen and oxygen atoms in total. The van der Waals surface area contributed by atoms with Gasteiger partial charge >= 0.3 is 11.9 Å². The third-order valence-corrected chi connectivity index (χ3v) is 6.38. The highest BCUT2D eigenvalue weighted by atomic mass is 19.4. The van der Waals surface area contributed by atoms with Gasteiger partial charge in [0.25, 0.3) is 0 Å². The van der Waals surface area contributed by atoms with Gasteiger partial charge in [0.1, 0.15) is 23.3 Å². The molecule has 1 aromatic heterocycles. The van der Waals surface area contributed by atoms with Crippen LogP contribution in [-0.4, -0.2) is 23.3 Å². The number of ether oxygens (including phenoxy) is 3. The number of methoxy groups -OCH3 is 1. The quantitative estimate of drug-likeness (QED) is 0.299. The Morgan fingerprint density at radius 1 is 1.05 bits per heavy atom. The van der Waals surface area contributed by atoms with Gasteiger partial charge in [0, 0.05) is 24.6 Å². The van der Waals surface area contributed by atoms with E-state index in [2.05, 4.69) is 4.98 Å². The van der Waals surface area contributed by atoms with Crippen LogP contribution in [0.3, 0.4) is 0 Å². The molecule has 198 valence electrons. The van der Waals surface area contributed by atoms with Crippen molar-refractivity contribution in [2.24, 2.45) is 0 Å². The normalized spacial score (nSPS) is 12.2. The Kier molecular flexibility index (Phi) is 6.98. The standard InChI is InChI=1S/C29H22F3N3O4/c1-37-22-6-7-24-19(14-22)9-11-35-25(24)16-27(34-28(35)36)38-12-10-18-5-8-26(20(13-18)17-33)39-23-4-2-3-21(15-23)29(30,31)32/h2-8,13-16H,9-12H2,1H3. The summed E-state index contributed by atoms with van der Waals surface area (Å²) in [5.41, 5.74) is 2.38. The molecule has 0 amide bonds. The third kappa shape index (κ3) is 5.57. The lowest BCUT2D eigenvalue weighted by atomic mass is 9.97. The molecule has 1 aliphatic heterocycles. The molecule has 0 atom stereocenters. The van der Waals surface area contributed by atoms with Crippen LogP contribution < -0.4 is 19.9 Å². The highest BCUT2D eigenvalue weighted by Gasteiger charge is 2.30. The molecule has 10 heteroatoms. The van der Waals surface area contributed by atoms with Gasteiger partial charge in [0.15, 0.2) is 0 Å². The Bertz CT molecular complexity index is 1640. The second-order valence-corrected chi connectivity index (χ2v) is 8.86. The number of aromatic nitrogens is 2. The van der Waals surface area contributed by atoms with E-state index in [-0.39, 0.29) is 29.5 Å². The minimum atomic E-state index is -4.50. The van der Waals surface area contributed by atoms with Crippen molar-refractivity contribution in [2.75, 3.05) is 13.7 Å². The van der Waals surface area contributed by atoms with E-state index < -0.39 is 17.4 Å². The van der Waals surface area contributed by atoms with Crippen molar-refractivity contribution in [2.45, 2.75) is 25.6 Å². The van der Waals surface area contributed by atoms with Crippen LogP contribution >= 0.6 is 0 Å². The van der Waals surface area contributed by atoms with Crippen LogP contribution in [0, 0.1) is 11.3 Å². The van der Waals surface area contributed by atoms with E-state index in [0.29, 0.717) is 19.4 Å². The topological polar surface area (TPSA) is 86.4 Å². The molecule has 3 aromatic carbocycles. The molecule has 1 aliphatic rings. The summed E-state index contributed by atoms with van der Waals surface area (Å²) < 4.78 is 57.3. The molecule has 5 rings (SSSR count). The Labute approximate surface area is 221 Å². The summed E-state index contributed by atoms with van der Waals surface area (Å²) in [7, 11) is 1.61. The van der Waals surface area contributed by atoms with Crippen molar-refractivity contribution >= 4 is 0 Å². The first-order chi connectivity index (χ1) is 18.7. The number of hydrogen-bond acceptors (Lipinski definition) is 6. The van der Waals surface area contributed by atoms with Crippen LogP contribution in [0.2, 0.25) is 0 Å². The van der Waals surface area contributed by atoms with E-state index in [4.69, 9.17) is 14.2 Å². The van der Waals surface area contributed by atoms with Crippen LogP contribution in [-0.2, 0) is 25.6 Å². The predicted octanol–water partition coefficient (Wildman–Crippen LogP) is 5.78. The van der Waals surface area contributed by atoms with Crippen molar-refractivity contribution in [3.05, 3.63) is 99.5 Å². The molecular weight excluding hydrogens is 511 g/mol. The minimum Gasteiger partial charge on any atom is -0.497 e. The van der Waals surface area contributed by atoms with Gasteiger partial charge in [-0.05, 0) is 66.1 Å². The lowest BCUT2D eigenvalue weighted by Crippen LogP contribution is -2.28.